The number of nitrogens with zero attached hydrogens (tertiary/aromatic N) is 2. The van der Waals surface area contributed by atoms with Crippen LogP contribution in [0.4, 0.5) is 11.5 Å². The first-order chi connectivity index (χ1) is 15.3. The minimum Gasteiger partial charge on any atom is -0.480 e. The number of hydrogen-bond acceptors (Lipinski definition) is 4. The van der Waals surface area contributed by atoms with E-state index in [0.717, 1.165) is 33.9 Å². The maximum atomic E-state index is 11.4. The van der Waals surface area contributed by atoms with Crippen LogP contribution >= 0.6 is 11.6 Å². The lowest BCUT2D eigenvalue weighted by Crippen LogP contribution is -2.31. The van der Waals surface area contributed by atoms with Crippen LogP contribution in [0.15, 0.2) is 71.7 Å². The number of rotatable bonds is 6. The molecule has 2 aromatic rings. The molecule has 0 saturated carbocycles. The molecule has 0 amide bonds. The molecule has 4 rings (SSSR count). The second-order valence-corrected chi connectivity index (χ2v) is 7.94. The van der Waals surface area contributed by atoms with Crippen molar-refractivity contribution in [3.05, 3.63) is 77.1 Å². The highest BCUT2D eigenvalue weighted by molar-refractivity contribution is 6.36. The van der Waals surface area contributed by atoms with Gasteiger partial charge in [0.2, 0.25) is 0 Å². The molecule has 8 heteroatoms. The molecule has 2 aliphatic rings. The van der Waals surface area contributed by atoms with Gasteiger partial charge in [0.15, 0.2) is 6.04 Å². The van der Waals surface area contributed by atoms with Gasteiger partial charge in [-0.25, -0.2) is 4.79 Å². The van der Waals surface area contributed by atoms with E-state index in [1.54, 1.807) is 12.1 Å². The van der Waals surface area contributed by atoms with Crippen LogP contribution in [0.2, 0.25) is 5.02 Å². The standard InChI is InChI=1S/C24H23ClN4O3/c1-14(30)22(24(31)32)26-16-11-12-18-20(13-16)29(2)28-23(18)27-19-10-6-9-17(21(19)25)15-7-4-3-5-8-15/h3-14,22,27-28,30H,1-2H3,(H,31,32). The van der Waals surface area contributed by atoms with Crippen LogP contribution in [0.25, 0.3) is 22.4 Å². The fourth-order valence-electron chi connectivity index (χ4n) is 3.61. The maximum Gasteiger partial charge on any atom is 0.331 e. The number of aryl methyl sites for hydroxylation is 1. The first-order valence-corrected chi connectivity index (χ1v) is 10.5. The number of fused-ring (bicyclic) bond motifs is 1. The van der Waals surface area contributed by atoms with E-state index in [1.165, 1.54) is 6.92 Å². The van der Waals surface area contributed by atoms with Gasteiger partial charge in [-0.05, 0) is 36.8 Å². The lowest BCUT2D eigenvalue weighted by Gasteiger charge is -2.12. The Morgan fingerprint density at radius 3 is 2.53 bits per heavy atom. The maximum absolute atomic E-state index is 11.4. The number of nitrogens with one attached hydrogen (secondary N) is 2. The van der Waals surface area contributed by atoms with Gasteiger partial charge in [0.05, 0.1) is 27.9 Å². The van der Waals surface area contributed by atoms with Crippen LogP contribution in [0, 0.1) is 0 Å². The van der Waals surface area contributed by atoms with Crippen LogP contribution in [0.5, 0.6) is 0 Å². The summed E-state index contributed by atoms with van der Waals surface area (Å²) in [5.41, 5.74) is 4.41. The molecule has 0 saturated heterocycles. The van der Waals surface area contributed by atoms with E-state index in [1.807, 2.05) is 66.3 Å². The molecule has 0 aromatic heterocycles. The molecular weight excluding hydrogens is 428 g/mol. The number of anilines is 2. The van der Waals surface area contributed by atoms with Gasteiger partial charge in [-0.1, -0.05) is 54.1 Å². The SMILES string of the molecule is CC(O)C(N=c1ccc2c(Nc3cccc(-c4ccccc4)c3Cl)[nH]n(C)c-2c1)C(=O)O. The molecule has 1 aliphatic heterocycles. The molecule has 32 heavy (non-hydrogen) atoms. The zero-order valence-corrected chi connectivity index (χ0v) is 18.3. The van der Waals surface area contributed by atoms with E-state index < -0.39 is 18.1 Å². The zero-order valence-electron chi connectivity index (χ0n) is 17.6. The van der Waals surface area contributed by atoms with Crippen LogP contribution < -0.4 is 10.7 Å². The summed E-state index contributed by atoms with van der Waals surface area (Å²) in [6, 6.07) is 19.9. The van der Waals surface area contributed by atoms with Crippen molar-refractivity contribution in [3.8, 4) is 22.4 Å². The van der Waals surface area contributed by atoms with E-state index in [-0.39, 0.29) is 0 Å². The second-order valence-electron chi connectivity index (χ2n) is 7.56. The average Bonchev–Trinajstić information content (AvgIpc) is 3.08. The second kappa shape index (κ2) is 8.90. The number of benzene rings is 3. The number of aromatic amines is 1. The molecule has 1 heterocycles. The third kappa shape index (κ3) is 4.26. The molecule has 0 bridgehead atoms. The minimum absolute atomic E-state index is 0.469. The Labute approximate surface area is 190 Å². The van der Waals surface area contributed by atoms with Crippen LogP contribution in [-0.4, -0.2) is 38.1 Å². The molecule has 2 unspecified atom stereocenters. The van der Waals surface area contributed by atoms with Crippen molar-refractivity contribution in [2.75, 3.05) is 5.32 Å². The summed E-state index contributed by atoms with van der Waals surface area (Å²) < 4.78 is 1.81. The van der Waals surface area contributed by atoms with Gasteiger partial charge in [0, 0.05) is 18.2 Å². The first-order valence-electron chi connectivity index (χ1n) is 10.1. The molecule has 4 N–H and O–H groups in total. The summed E-state index contributed by atoms with van der Waals surface area (Å²) in [4.78, 5) is 15.5. The highest BCUT2D eigenvalue weighted by Crippen LogP contribution is 2.37. The van der Waals surface area contributed by atoms with Crippen molar-refractivity contribution in [3.63, 3.8) is 0 Å². The van der Waals surface area contributed by atoms with Gasteiger partial charge in [-0.3, -0.25) is 14.8 Å². The van der Waals surface area contributed by atoms with Crippen molar-refractivity contribution >= 4 is 29.1 Å². The van der Waals surface area contributed by atoms with Crippen LogP contribution in [0.1, 0.15) is 6.92 Å². The van der Waals surface area contributed by atoms with Crippen molar-refractivity contribution < 1.29 is 15.0 Å². The van der Waals surface area contributed by atoms with E-state index in [4.69, 9.17) is 11.6 Å². The highest BCUT2D eigenvalue weighted by Gasteiger charge is 2.22. The van der Waals surface area contributed by atoms with E-state index in [9.17, 15) is 15.0 Å². The average molecular weight is 451 g/mol. The number of aromatic nitrogens is 2. The number of carbonyl (C=O) groups is 1. The number of halogens is 1. The third-order valence-electron chi connectivity index (χ3n) is 5.23. The molecule has 2 aromatic carbocycles. The van der Waals surface area contributed by atoms with Crippen LogP contribution in [-0.2, 0) is 11.8 Å². The topological polar surface area (TPSA) is 103 Å². The Morgan fingerprint density at radius 2 is 1.84 bits per heavy atom. The zero-order chi connectivity index (χ0) is 22.8. The number of carboxylic acid groups (broad SMARTS) is 1. The summed E-state index contributed by atoms with van der Waals surface area (Å²) in [6.07, 6.45) is -1.10. The summed E-state index contributed by atoms with van der Waals surface area (Å²) in [6.45, 7) is 1.41. The number of aliphatic hydroxyl groups is 1. The molecule has 1 aliphatic carbocycles. The lowest BCUT2D eigenvalue weighted by molar-refractivity contribution is -0.140. The minimum atomic E-state index is -1.23. The number of aliphatic carboxylic acids is 1. The monoisotopic (exact) mass is 450 g/mol. The lowest BCUT2D eigenvalue weighted by atomic mass is 10.0. The Morgan fingerprint density at radius 1 is 1.09 bits per heavy atom. The van der Waals surface area contributed by atoms with Crippen LogP contribution in [0.3, 0.4) is 0 Å². The predicted octanol–water partition coefficient (Wildman–Crippen LogP) is 4.26. The predicted molar refractivity (Wildman–Crippen MR) is 125 cm³/mol. The molecule has 7 nitrogen and oxygen atoms in total. The van der Waals surface area contributed by atoms with Gasteiger partial charge in [-0.15, -0.1) is 0 Å². The smallest absolute Gasteiger partial charge is 0.331 e. The Bertz CT molecular complexity index is 1290. The Hall–Kier alpha value is -3.55. The van der Waals surface area contributed by atoms with E-state index in [2.05, 4.69) is 15.4 Å². The molecule has 0 spiro atoms. The molecular formula is C24H23ClN4O3. The number of hydrogen-bond donors (Lipinski definition) is 4. The van der Waals surface area contributed by atoms with Gasteiger partial charge < -0.3 is 15.5 Å². The summed E-state index contributed by atoms with van der Waals surface area (Å²) >= 11 is 6.72. The fourth-order valence-corrected chi connectivity index (χ4v) is 3.89. The Kier molecular flexibility index (Phi) is 6.03. The molecule has 2 atom stereocenters. The summed E-state index contributed by atoms with van der Waals surface area (Å²) in [5, 5.41) is 26.7. The fraction of sp³-hybridized carbons (Fsp3) is 0.167. The number of H-pyrrole nitrogens is 1. The molecule has 0 fully saturated rings. The first kappa shape index (κ1) is 21.7. The normalized spacial score (nSPS) is 13.8. The third-order valence-corrected chi connectivity index (χ3v) is 5.64. The van der Waals surface area contributed by atoms with Crippen molar-refractivity contribution in [1.82, 2.24) is 9.78 Å². The summed E-state index contributed by atoms with van der Waals surface area (Å²) in [5.74, 6) is -0.430. The van der Waals surface area contributed by atoms with Gasteiger partial charge in [0.25, 0.3) is 0 Å². The quantitative estimate of drug-likeness (QED) is 0.352. The largest absolute Gasteiger partial charge is 0.480 e. The molecule has 0 radical (unpaired) electrons. The Balaban J connectivity index is 1.71. The summed E-state index contributed by atoms with van der Waals surface area (Å²) in [7, 11) is 1.85. The van der Waals surface area contributed by atoms with E-state index in [0.29, 0.717) is 10.4 Å². The number of aliphatic hydroxyl groups excluding tert-OH is 1. The van der Waals surface area contributed by atoms with Crippen molar-refractivity contribution in [2.24, 2.45) is 12.0 Å². The van der Waals surface area contributed by atoms with Gasteiger partial charge in [-0.2, -0.15) is 0 Å². The van der Waals surface area contributed by atoms with Gasteiger partial charge >= 0.3 is 5.97 Å². The van der Waals surface area contributed by atoms with Crippen molar-refractivity contribution in [1.29, 1.82) is 0 Å². The highest BCUT2D eigenvalue weighted by atomic mass is 35.5. The van der Waals surface area contributed by atoms with Crippen molar-refractivity contribution in [2.45, 2.75) is 19.1 Å². The number of carboxylic acids is 1. The van der Waals surface area contributed by atoms with E-state index >= 15 is 0 Å². The molecule has 164 valence electrons. The van der Waals surface area contributed by atoms with Gasteiger partial charge in [0.1, 0.15) is 5.82 Å².